The first kappa shape index (κ1) is 15.0. The Balaban J connectivity index is 0.000000704. The highest BCUT2D eigenvalue weighted by Gasteiger charge is 2.49. The first-order valence-corrected chi connectivity index (χ1v) is 7.29. The zero-order valence-corrected chi connectivity index (χ0v) is 12.4. The van der Waals surface area contributed by atoms with E-state index in [1.807, 2.05) is 45.0 Å². The SMILES string of the molecule is CC.Cc1ccccc1C1=NC[C@@]2(OCCC[C@@H]2F)O1. The molecule has 1 spiro atoms. The van der Waals surface area contributed by atoms with Gasteiger partial charge in [-0.05, 0) is 31.4 Å². The van der Waals surface area contributed by atoms with Gasteiger partial charge in [-0.2, -0.15) is 0 Å². The molecule has 4 heteroatoms. The number of aryl methyl sites for hydroxylation is 1. The maximum Gasteiger partial charge on any atom is 0.263 e. The zero-order chi connectivity index (χ0) is 14.6. The van der Waals surface area contributed by atoms with Crippen molar-refractivity contribution in [3.8, 4) is 0 Å². The Morgan fingerprint density at radius 2 is 2.05 bits per heavy atom. The molecule has 0 radical (unpaired) electrons. The lowest BCUT2D eigenvalue weighted by Crippen LogP contribution is -2.49. The van der Waals surface area contributed by atoms with E-state index in [4.69, 9.17) is 9.47 Å². The highest BCUT2D eigenvalue weighted by molar-refractivity contribution is 5.96. The summed E-state index contributed by atoms with van der Waals surface area (Å²) in [6, 6.07) is 7.80. The Morgan fingerprint density at radius 3 is 2.75 bits per heavy atom. The summed E-state index contributed by atoms with van der Waals surface area (Å²) in [7, 11) is 0. The Hall–Kier alpha value is -1.42. The number of halogens is 1. The first-order valence-electron chi connectivity index (χ1n) is 7.29. The molecule has 0 aliphatic carbocycles. The van der Waals surface area contributed by atoms with Crippen LogP contribution < -0.4 is 0 Å². The predicted octanol–water partition coefficient (Wildman–Crippen LogP) is 3.64. The van der Waals surface area contributed by atoms with Crippen molar-refractivity contribution in [2.45, 2.75) is 45.6 Å². The quantitative estimate of drug-likeness (QED) is 0.785. The van der Waals surface area contributed by atoms with Crippen LogP contribution in [0.25, 0.3) is 0 Å². The fourth-order valence-electron chi connectivity index (χ4n) is 2.42. The van der Waals surface area contributed by atoms with E-state index < -0.39 is 12.0 Å². The highest BCUT2D eigenvalue weighted by Crippen LogP contribution is 2.34. The van der Waals surface area contributed by atoms with Crippen LogP contribution in [0.15, 0.2) is 29.3 Å². The van der Waals surface area contributed by atoms with Crippen LogP contribution in [-0.4, -0.2) is 31.0 Å². The van der Waals surface area contributed by atoms with Crippen molar-refractivity contribution >= 4 is 5.90 Å². The van der Waals surface area contributed by atoms with E-state index >= 15 is 0 Å². The average molecular weight is 279 g/mol. The van der Waals surface area contributed by atoms with Crippen LogP contribution >= 0.6 is 0 Å². The second-order valence-electron chi connectivity index (χ2n) is 4.81. The molecule has 3 rings (SSSR count). The van der Waals surface area contributed by atoms with Crippen LogP contribution in [0, 0.1) is 6.92 Å². The molecule has 0 unspecified atom stereocenters. The first-order chi connectivity index (χ1) is 9.71. The molecule has 0 N–H and O–H groups in total. The second kappa shape index (κ2) is 6.35. The maximum absolute atomic E-state index is 14.0. The van der Waals surface area contributed by atoms with E-state index in [1.165, 1.54) is 0 Å². The highest BCUT2D eigenvalue weighted by atomic mass is 19.1. The van der Waals surface area contributed by atoms with Crippen LogP contribution in [0.2, 0.25) is 0 Å². The van der Waals surface area contributed by atoms with Crippen molar-refractivity contribution in [3.63, 3.8) is 0 Å². The molecule has 20 heavy (non-hydrogen) atoms. The van der Waals surface area contributed by atoms with Gasteiger partial charge in [-0.1, -0.05) is 32.0 Å². The van der Waals surface area contributed by atoms with Gasteiger partial charge < -0.3 is 9.47 Å². The number of nitrogens with zero attached hydrogens (tertiary/aromatic N) is 1. The fourth-order valence-corrected chi connectivity index (χ4v) is 2.42. The Kier molecular flexibility index (Phi) is 4.76. The topological polar surface area (TPSA) is 30.8 Å². The molecule has 3 nitrogen and oxygen atoms in total. The Labute approximate surface area is 119 Å². The van der Waals surface area contributed by atoms with Gasteiger partial charge in [0.2, 0.25) is 5.90 Å². The lowest BCUT2D eigenvalue weighted by molar-refractivity contribution is -0.232. The normalized spacial score (nSPS) is 28.4. The molecule has 1 saturated heterocycles. The molecule has 0 amide bonds. The number of ether oxygens (including phenoxy) is 2. The number of hydrogen-bond donors (Lipinski definition) is 0. The lowest BCUT2D eigenvalue weighted by Gasteiger charge is -2.35. The van der Waals surface area contributed by atoms with Gasteiger partial charge in [0.05, 0.1) is 6.61 Å². The van der Waals surface area contributed by atoms with E-state index in [9.17, 15) is 4.39 Å². The van der Waals surface area contributed by atoms with Crippen molar-refractivity contribution in [1.29, 1.82) is 0 Å². The van der Waals surface area contributed by atoms with Gasteiger partial charge in [0.25, 0.3) is 5.79 Å². The molecular formula is C16H22FNO2. The predicted molar refractivity (Wildman–Crippen MR) is 77.8 cm³/mol. The van der Waals surface area contributed by atoms with E-state index in [0.717, 1.165) is 17.5 Å². The minimum atomic E-state index is -1.17. The van der Waals surface area contributed by atoms with Crippen molar-refractivity contribution in [1.82, 2.24) is 0 Å². The van der Waals surface area contributed by atoms with E-state index in [2.05, 4.69) is 4.99 Å². The molecule has 0 aromatic heterocycles. The Bertz CT molecular complexity index is 489. The molecule has 2 aliphatic rings. The monoisotopic (exact) mass is 279 g/mol. The van der Waals surface area contributed by atoms with Crippen LogP contribution in [0.1, 0.15) is 37.8 Å². The molecule has 2 heterocycles. The lowest BCUT2D eigenvalue weighted by atomic mass is 10.0. The van der Waals surface area contributed by atoms with E-state index in [1.54, 1.807) is 0 Å². The third-order valence-electron chi connectivity index (χ3n) is 3.51. The zero-order valence-electron chi connectivity index (χ0n) is 12.4. The average Bonchev–Trinajstić information content (AvgIpc) is 2.90. The van der Waals surface area contributed by atoms with E-state index in [-0.39, 0.29) is 6.54 Å². The molecule has 2 atom stereocenters. The summed E-state index contributed by atoms with van der Waals surface area (Å²) in [5.41, 5.74) is 1.98. The largest absolute Gasteiger partial charge is 0.440 e. The molecule has 1 fully saturated rings. The Morgan fingerprint density at radius 1 is 1.30 bits per heavy atom. The molecule has 110 valence electrons. The smallest absolute Gasteiger partial charge is 0.263 e. The molecule has 2 aliphatic heterocycles. The van der Waals surface area contributed by atoms with Crippen LogP contribution in [0.4, 0.5) is 4.39 Å². The van der Waals surface area contributed by atoms with Gasteiger partial charge >= 0.3 is 0 Å². The van der Waals surface area contributed by atoms with Crippen LogP contribution in [0.3, 0.4) is 0 Å². The van der Waals surface area contributed by atoms with Crippen LogP contribution in [-0.2, 0) is 9.47 Å². The summed E-state index contributed by atoms with van der Waals surface area (Å²) in [4.78, 5) is 4.32. The van der Waals surface area contributed by atoms with Crippen molar-refractivity contribution in [2.75, 3.05) is 13.2 Å². The van der Waals surface area contributed by atoms with Gasteiger partial charge in [-0.3, -0.25) is 0 Å². The molecule has 0 bridgehead atoms. The standard InChI is InChI=1S/C14H16FNO2.C2H6/c1-10-5-2-3-6-11(10)13-16-9-14(18-13)12(15)7-4-8-17-14;1-2/h2-3,5-6,12H,4,7-9H2,1H3;1-2H3/t12-,14+;/m0./s1. The number of alkyl halides is 1. The third kappa shape index (κ3) is 2.70. The number of rotatable bonds is 1. The van der Waals surface area contributed by atoms with Crippen molar-refractivity contribution in [3.05, 3.63) is 35.4 Å². The maximum atomic E-state index is 14.0. The van der Waals surface area contributed by atoms with E-state index in [0.29, 0.717) is 18.9 Å². The molecule has 0 saturated carbocycles. The van der Waals surface area contributed by atoms with Crippen LogP contribution in [0.5, 0.6) is 0 Å². The minimum Gasteiger partial charge on any atom is -0.440 e. The number of hydrogen-bond acceptors (Lipinski definition) is 3. The van der Waals surface area contributed by atoms with Gasteiger partial charge in [0.1, 0.15) is 6.54 Å². The fraction of sp³-hybridized carbons (Fsp3) is 0.562. The minimum absolute atomic E-state index is 0.248. The summed E-state index contributed by atoms with van der Waals surface area (Å²) in [5.74, 6) is -0.673. The third-order valence-corrected chi connectivity index (χ3v) is 3.51. The molecular weight excluding hydrogens is 257 g/mol. The summed E-state index contributed by atoms with van der Waals surface area (Å²) in [6.07, 6.45) is 0.124. The van der Waals surface area contributed by atoms with Gasteiger partial charge in [-0.25, -0.2) is 9.38 Å². The number of benzene rings is 1. The van der Waals surface area contributed by atoms with Crippen molar-refractivity contribution in [2.24, 2.45) is 4.99 Å². The summed E-state index contributed by atoms with van der Waals surface area (Å²) >= 11 is 0. The second-order valence-corrected chi connectivity index (χ2v) is 4.81. The van der Waals surface area contributed by atoms with Crippen molar-refractivity contribution < 1.29 is 13.9 Å². The summed E-state index contributed by atoms with van der Waals surface area (Å²) in [6.45, 7) is 6.77. The van der Waals surface area contributed by atoms with Gasteiger partial charge in [0.15, 0.2) is 6.17 Å². The number of aliphatic imine (C=N–C) groups is 1. The molecule has 1 aromatic carbocycles. The van der Waals surface area contributed by atoms with Gasteiger partial charge in [-0.15, -0.1) is 0 Å². The molecule has 1 aromatic rings. The summed E-state index contributed by atoms with van der Waals surface area (Å²) < 4.78 is 25.3. The van der Waals surface area contributed by atoms with Gasteiger partial charge in [0, 0.05) is 5.56 Å². The summed E-state index contributed by atoms with van der Waals surface area (Å²) in [5, 5.41) is 0.